The van der Waals surface area contributed by atoms with Crippen LogP contribution in [-0.4, -0.2) is 52.2 Å². The topological polar surface area (TPSA) is 109 Å². The fourth-order valence-electron chi connectivity index (χ4n) is 3.50. The Kier molecular flexibility index (Phi) is 5.28. The summed E-state index contributed by atoms with van der Waals surface area (Å²) in [5, 5.41) is 10.3. The maximum absolute atomic E-state index is 11.5. The van der Waals surface area contributed by atoms with Gasteiger partial charge in [0.05, 0.1) is 12.4 Å². The number of amides is 1. The monoisotopic (exact) mass is 371 g/mol. The molecule has 0 bridgehead atoms. The van der Waals surface area contributed by atoms with Crippen LogP contribution >= 0.6 is 0 Å². The summed E-state index contributed by atoms with van der Waals surface area (Å²) in [5.41, 5.74) is 0.564. The van der Waals surface area contributed by atoms with E-state index in [1.807, 2.05) is 0 Å². The molecular formula is C18H25N7O2. The molecular weight excluding hydrogens is 346 g/mol. The van der Waals surface area contributed by atoms with E-state index in [1.165, 1.54) is 26.2 Å². The van der Waals surface area contributed by atoms with Gasteiger partial charge in [0.25, 0.3) is 0 Å². The van der Waals surface area contributed by atoms with E-state index in [0.717, 1.165) is 38.4 Å². The second-order valence-corrected chi connectivity index (χ2v) is 7.24. The minimum Gasteiger partial charge on any atom is -0.353 e. The molecule has 1 aliphatic heterocycles. The molecule has 27 heavy (non-hydrogen) atoms. The SMILES string of the molecule is CC(=O)N[C@H](CC1CCC1)c1nc(-c2cnc(N3CCNCC3)cn2)no1. The number of anilines is 1. The lowest BCUT2D eigenvalue weighted by Gasteiger charge is -2.28. The van der Waals surface area contributed by atoms with Crippen molar-refractivity contribution in [2.24, 2.45) is 5.92 Å². The minimum atomic E-state index is -0.248. The van der Waals surface area contributed by atoms with Gasteiger partial charge >= 0.3 is 0 Å². The van der Waals surface area contributed by atoms with Crippen LogP contribution in [0.1, 0.15) is 44.5 Å². The van der Waals surface area contributed by atoms with Crippen molar-refractivity contribution in [2.45, 2.75) is 38.6 Å². The highest BCUT2D eigenvalue weighted by Gasteiger charge is 2.27. The Labute approximate surface area is 158 Å². The van der Waals surface area contributed by atoms with Crippen LogP contribution in [0.2, 0.25) is 0 Å². The van der Waals surface area contributed by atoms with Gasteiger partial charge in [-0.05, 0) is 12.3 Å². The summed E-state index contributed by atoms with van der Waals surface area (Å²) < 4.78 is 5.44. The molecule has 2 aromatic rings. The number of nitrogens with zero attached hydrogens (tertiary/aromatic N) is 5. The van der Waals surface area contributed by atoms with Gasteiger partial charge in [-0.15, -0.1) is 0 Å². The van der Waals surface area contributed by atoms with E-state index in [-0.39, 0.29) is 11.9 Å². The number of aromatic nitrogens is 4. The van der Waals surface area contributed by atoms with Crippen molar-refractivity contribution in [3.05, 3.63) is 18.3 Å². The third-order valence-corrected chi connectivity index (χ3v) is 5.22. The normalized spacial score (nSPS) is 18.8. The highest BCUT2D eigenvalue weighted by atomic mass is 16.5. The first kappa shape index (κ1) is 17.8. The lowest BCUT2D eigenvalue weighted by molar-refractivity contribution is -0.120. The number of hydrogen-bond donors (Lipinski definition) is 2. The zero-order valence-corrected chi connectivity index (χ0v) is 15.5. The van der Waals surface area contributed by atoms with Crippen molar-refractivity contribution in [2.75, 3.05) is 31.1 Å². The molecule has 2 aliphatic rings. The van der Waals surface area contributed by atoms with Crippen LogP contribution < -0.4 is 15.5 Å². The zero-order valence-electron chi connectivity index (χ0n) is 15.5. The molecule has 1 aliphatic carbocycles. The third-order valence-electron chi connectivity index (χ3n) is 5.22. The average Bonchev–Trinajstić information content (AvgIpc) is 3.14. The van der Waals surface area contributed by atoms with Crippen molar-refractivity contribution in [1.29, 1.82) is 0 Å². The van der Waals surface area contributed by atoms with Gasteiger partial charge in [-0.2, -0.15) is 4.98 Å². The number of nitrogens with one attached hydrogen (secondary N) is 2. The van der Waals surface area contributed by atoms with Crippen LogP contribution in [0.15, 0.2) is 16.9 Å². The molecule has 1 saturated carbocycles. The standard InChI is InChI=1S/C18H25N7O2/c1-12(26)22-14(9-13-3-2-4-13)18-23-17(24-27-18)15-10-21-16(11-20-15)25-7-5-19-6-8-25/h10-11,13-14,19H,2-9H2,1H3,(H,22,26)/t14-/m1/s1. The molecule has 0 aromatic carbocycles. The summed E-state index contributed by atoms with van der Waals surface area (Å²) in [5.74, 6) is 2.19. The van der Waals surface area contributed by atoms with Gasteiger partial charge in [0.15, 0.2) is 0 Å². The molecule has 144 valence electrons. The van der Waals surface area contributed by atoms with Gasteiger partial charge in [-0.1, -0.05) is 24.4 Å². The van der Waals surface area contributed by atoms with Crippen LogP contribution in [-0.2, 0) is 4.79 Å². The Morgan fingerprint density at radius 3 is 2.78 bits per heavy atom. The number of hydrogen-bond acceptors (Lipinski definition) is 8. The number of piperazine rings is 1. The van der Waals surface area contributed by atoms with Crippen LogP contribution in [0, 0.1) is 5.92 Å². The first-order chi connectivity index (χ1) is 13.2. The van der Waals surface area contributed by atoms with Gasteiger partial charge in [-0.3, -0.25) is 4.79 Å². The molecule has 3 heterocycles. The van der Waals surface area contributed by atoms with Crippen molar-refractivity contribution in [1.82, 2.24) is 30.7 Å². The predicted molar refractivity (Wildman–Crippen MR) is 98.9 cm³/mol. The number of rotatable bonds is 6. The molecule has 2 aromatic heterocycles. The summed E-state index contributed by atoms with van der Waals surface area (Å²) in [6.45, 7) is 5.23. The smallest absolute Gasteiger partial charge is 0.249 e. The molecule has 0 unspecified atom stereocenters. The van der Waals surface area contributed by atoms with Gasteiger partial charge < -0.3 is 20.1 Å². The predicted octanol–water partition coefficient (Wildman–Crippen LogP) is 1.30. The highest BCUT2D eigenvalue weighted by molar-refractivity contribution is 5.73. The van der Waals surface area contributed by atoms with E-state index in [0.29, 0.717) is 23.3 Å². The molecule has 0 spiro atoms. The summed E-state index contributed by atoms with van der Waals surface area (Å²) in [7, 11) is 0. The highest BCUT2D eigenvalue weighted by Crippen LogP contribution is 2.34. The Hall–Kier alpha value is -2.55. The van der Waals surface area contributed by atoms with Crippen molar-refractivity contribution < 1.29 is 9.32 Å². The molecule has 9 nitrogen and oxygen atoms in total. The van der Waals surface area contributed by atoms with Crippen LogP contribution in [0.3, 0.4) is 0 Å². The third kappa shape index (κ3) is 4.24. The fourth-order valence-corrected chi connectivity index (χ4v) is 3.50. The van der Waals surface area contributed by atoms with E-state index >= 15 is 0 Å². The van der Waals surface area contributed by atoms with E-state index < -0.39 is 0 Å². The van der Waals surface area contributed by atoms with E-state index in [1.54, 1.807) is 12.4 Å². The van der Waals surface area contributed by atoms with Crippen molar-refractivity contribution in [3.8, 4) is 11.5 Å². The molecule has 9 heteroatoms. The van der Waals surface area contributed by atoms with Crippen molar-refractivity contribution >= 4 is 11.7 Å². The van der Waals surface area contributed by atoms with Gasteiger partial charge in [0.2, 0.25) is 17.6 Å². The Morgan fingerprint density at radius 2 is 2.15 bits per heavy atom. The van der Waals surface area contributed by atoms with Crippen LogP contribution in [0.25, 0.3) is 11.5 Å². The Morgan fingerprint density at radius 1 is 1.33 bits per heavy atom. The lowest BCUT2D eigenvalue weighted by Crippen LogP contribution is -2.43. The first-order valence-electron chi connectivity index (χ1n) is 9.58. The number of carbonyl (C=O) groups is 1. The lowest BCUT2D eigenvalue weighted by atomic mass is 9.81. The fraction of sp³-hybridized carbons (Fsp3) is 0.611. The molecule has 0 radical (unpaired) electrons. The Bertz CT molecular complexity index is 766. The summed E-state index contributed by atoms with van der Waals surface area (Å²) in [4.78, 5) is 27.2. The van der Waals surface area contributed by atoms with Crippen LogP contribution in [0.5, 0.6) is 0 Å². The second kappa shape index (κ2) is 7.99. The summed E-state index contributed by atoms with van der Waals surface area (Å²) in [6.07, 6.45) is 7.88. The molecule has 1 amide bonds. The molecule has 1 saturated heterocycles. The summed E-state index contributed by atoms with van der Waals surface area (Å²) in [6, 6.07) is -0.248. The zero-order chi connectivity index (χ0) is 18.6. The molecule has 2 N–H and O–H groups in total. The maximum atomic E-state index is 11.5. The van der Waals surface area contributed by atoms with Gasteiger partial charge in [0.1, 0.15) is 17.6 Å². The van der Waals surface area contributed by atoms with Gasteiger partial charge in [-0.25, -0.2) is 9.97 Å². The maximum Gasteiger partial charge on any atom is 0.249 e. The quantitative estimate of drug-likeness (QED) is 0.782. The largest absolute Gasteiger partial charge is 0.353 e. The van der Waals surface area contributed by atoms with E-state index in [2.05, 4.69) is 35.6 Å². The van der Waals surface area contributed by atoms with E-state index in [4.69, 9.17) is 4.52 Å². The number of carbonyl (C=O) groups excluding carboxylic acids is 1. The Balaban J connectivity index is 1.47. The first-order valence-corrected chi connectivity index (χ1v) is 9.58. The van der Waals surface area contributed by atoms with E-state index in [9.17, 15) is 4.79 Å². The molecule has 1 atom stereocenters. The molecule has 2 fully saturated rings. The van der Waals surface area contributed by atoms with Crippen molar-refractivity contribution in [3.63, 3.8) is 0 Å². The second-order valence-electron chi connectivity index (χ2n) is 7.24. The minimum absolute atomic E-state index is 0.0979. The van der Waals surface area contributed by atoms with Crippen LogP contribution in [0.4, 0.5) is 5.82 Å². The molecule has 4 rings (SSSR count). The van der Waals surface area contributed by atoms with Gasteiger partial charge in [0, 0.05) is 33.1 Å². The summed E-state index contributed by atoms with van der Waals surface area (Å²) >= 11 is 0. The average molecular weight is 371 g/mol.